The number of hydrogen-bond donors (Lipinski definition) is 1. The average Bonchev–Trinajstić information content (AvgIpc) is 2.01. The standard InChI is InChI=1S/C8H18N2O/c1-3-9-6-8-7-10(2)4-5-11-8/h8-9H,3-7H2,1-2H3. The van der Waals surface area contributed by atoms with E-state index in [9.17, 15) is 0 Å². The second kappa shape index (κ2) is 4.70. The molecule has 0 spiro atoms. The van der Waals surface area contributed by atoms with Gasteiger partial charge in [-0.1, -0.05) is 6.92 Å². The number of rotatable bonds is 3. The highest BCUT2D eigenvalue weighted by Gasteiger charge is 2.16. The van der Waals surface area contributed by atoms with Gasteiger partial charge in [0.15, 0.2) is 0 Å². The van der Waals surface area contributed by atoms with Gasteiger partial charge in [0.2, 0.25) is 0 Å². The monoisotopic (exact) mass is 158 g/mol. The third-order valence-electron chi connectivity index (χ3n) is 1.96. The van der Waals surface area contributed by atoms with E-state index in [1.807, 2.05) is 0 Å². The molecule has 1 saturated heterocycles. The third-order valence-corrected chi connectivity index (χ3v) is 1.96. The Morgan fingerprint density at radius 2 is 2.45 bits per heavy atom. The van der Waals surface area contributed by atoms with Crippen molar-refractivity contribution in [2.45, 2.75) is 13.0 Å². The number of ether oxygens (including phenoxy) is 1. The molecule has 1 aliphatic heterocycles. The van der Waals surface area contributed by atoms with Crippen LogP contribution in [0.2, 0.25) is 0 Å². The number of likely N-dealkylation sites (N-methyl/N-ethyl adjacent to an activating group) is 2. The molecule has 1 rings (SSSR count). The molecule has 1 heterocycles. The first kappa shape index (κ1) is 8.97. The minimum atomic E-state index is 0.397. The first-order chi connectivity index (χ1) is 5.33. The van der Waals surface area contributed by atoms with Crippen LogP contribution in [-0.4, -0.2) is 50.8 Å². The van der Waals surface area contributed by atoms with Gasteiger partial charge in [-0.25, -0.2) is 0 Å². The molecular weight excluding hydrogens is 140 g/mol. The van der Waals surface area contributed by atoms with E-state index in [2.05, 4.69) is 24.2 Å². The zero-order valence-corrected chi connectivity index (χ0v) is 7.47. The molecular formula is C8H18N2O. The van der Waals surface area contributed by atoms with E-state index in [0.29, 0.717) is 6.10 Å². The minimum absolute atomic E-state index is 0.397. The summed E-state index contributed by atoms with van der Waals surface area (Å²) in [5.74, 6) is 0. The van der Waals surface area contributed by atoms with E-state index in [-0.39, 0.29) is 0 Å². The van der Waals surface area contributed by atoms with E-state index in [4.69, 9.17) is 4.74 Å². The molecule has 0 saturated carbocycles. The Kier molecular flexibility index (Phi) is 3.83. The van der Waals surface area contributed by atoms with E-state index in [1.165, 1.54) is 0 Å². The topological polar surface area (TPSA) is 24.5 Å². The average molecular weight is 158 g/mol. The maximum atomic E-state index is 5.55. The number of nitrogens with zero attached hydrogens (tertiary/aromatic N) is 1. The summed E-state index contributed by atoms with van der Waals surface area (Å²) in [4.78, 5) is 2.31. The van der Waals surface area contributed by atoms with Crippen LogP contribution in [0.4, 0.5) is 0 Å². The molecule has 0 bridgehead atoms. The van der Waals surface area contributed by atoms with Crippen LogP contribution in [0.15, 0.2) is 0 Å². The van der Waals surface area contributed by atoms with Gasteiger partial charge < -0.3 is 15.0 Å². The molecule has 0 aliphatic carbocycles. The summed E-state index contributed by atoms with van der Waals surface area (Å²) in [6.07, 6.45) is 0.397. The molecule has 66 valence electrons. The molecule has 3 nitrogen and oxygen atoms in total. The predicted molar refractivity (Wildman–Crippen MR) is 45.8 cm³/mol. The van der Waals surface area contributed by atoms with E-state index < -0.39 is 0 Å². The van der Waals surface area contributed by atoms with Crippen molar-refractivity contribution in [1.29, 1.82) is 0 Å². The first-order valence-electron chi connectivity index (χ1n) is 4.33. The Balaban J connectivity index is 2.12. The van der Waals surface area contributed by atoms with Crippen molar-refractivity contribution in [2.75, 3.05) is 39.8 Å². The van der Waals surface area contributed by atoms with Gasteiger partial charge in [-0.15, -0.1) is 0 Å². The lowest BCUT2D eigenvalue weighted by Crippen LogP contribution is -2.44. The fraction of sp³-hybridized carbons (Fsp3) is 1.00. The van der Waals surface area contributed by atoms with Crippen molar-refractivity contribution in [3.05, 3.63) is 0 Å². The molecule has 0 aromatic heterocycles. The van der Waals surface area contributed by atoms with Crippen LogP contribution in [0, 0.1) is 0 Å². The summed E-state index contributed by atoms with van der Waals surface area (Å²) < 4.78 is 5.55. The van der Waals surface area contributed by atoms with Crippen molar-refractivity contribution in [3.63, 3.8) is 0 Å². The van der Waals surface area contributed by atoms with Gasteiger partial charge in [0.05, 0.1) is 12.7 Å². The van der Waals surface area contributed by atoms with Crippen LogP contribution in [0.25, 0.3) is 0 Å². The fourth-order valence-corrected chi connectivity index (χ4v) is 1.30. The lowest BCUT2D eigenvalue weighted by atomic mass is 10.3. The maximum absolute atomic E-state index is 5.55. The largest absolute Gasteiger partial charge is 0.374 e. The summed E-state index contributed by atoms with van der Waals surface area (Å²) >= 11 is 0. The molecule has 0 aromatic carbocycles. The van der Waals surface area contributed by atoms with E-state index >= 15 is 0 Å². The zero-order chi connectivity index (χ0) is 8.10. The van der Waals surface area contributed by atoms with Gasteiger partial charge in [-0.3, -0.25) is 0 Å². The molecule has 1 aliphatic rings. The second-order valence-electron chi connectivity index (χ2n) is 3.06. The lowest BCUT2D eigenvalue weighted by Gasteiger charge is -2.30. The number of hydrogen-bond acceptors (Lipinski definition) is 3. The van der Waals surface area contributed by atoms with Crippen LogP contribution in [-0.2, 0) is 4.74 Å². The molecule has 1 fully saturated rings. The Morgan fingerprint density at radius 1 is 1.64 bits per heavy atom. The van der Waals surface area contributed by atoms with Crippen molar-refractivity contribution < 1.29 is 4.74 Å². The highest BCUT2D eigenvalue weighted by molar-refractivity contribution is 4.70. The molecule has 3 heteroatoms. The predicted octanol–water partition coefficient (Wildman–Crippen LogP) is -0.0735. The Labute approximate surface area is 68.7 Å². The highest BCUT2D eigenvalue weighted by atomic mass is 16.5. The molecule has 1 unspecified atom stereocenters. The van der Waals surface area contributed by atoms with Crippen LogP contribution in [0.1, 0.15) is 6.92 Å². The molecule has 0 aromatic rings. The Morgan fingerprint density at radius 3 is 3.09 bits per heavy atom. The third kappa shape index (κ3) is 3.18. The summed E-state index contributed by atoms with van der Waals surface area (Å²) in [6, 6.07) is 0. The number of morpholine rings is 1. The molecule has 1 N–H and O–H groups in total. The van der Waals surface area contributed by atoms with Crippen LogP contribution >= 0.6 is 0 Å². The smallest absolute Gasteiger partial charge is 0.0826 e. The summed E-state index contributed by atoms with van der Waals surface area (Å²) in [5, 5.41) is 3.29. The normalized spacial score (nSPS) is 27.3. The first-order valence-corrected chi connectivity index (χ1v) is 4.33. The molecule has 0 radical (unpaired) electrons. The Bertz CT molecular complexity index is 108. The van der Waals surface area contributed by atoms with Crippen LogP contribution in [0.5, 0.6) is 0 Å². The van der Waals surface area contributed by atoms with Crippen LogP contribution in [0.3, 0.4) is 0 Å². The molecule has 11 heavy (non-hydrogen) atoms. The van der Waals surface area contributed by atoms with Gasteiger partial charge in [-0.05, 0) is 13.6 Å². The quantitative estimate of drug-likeness (QED) is 0.622. The van der Waals surface area contributed by atoms with Crippen molar-refractivity contribution in [1.82, 2.24) is 10.2 Å². The molecule has 0 amide bonds. The fourth-order valence-electron chi connectivity index (χ4n) is 1.30. The number of nitrogens with one attached hydrogen (secondary N) is 1. The molecule has 1 atom stereocenters. The Hall–Kier alpha value is -0.120. The van der Waals surface area contributed by atoms with Crippen molar-refractivity contribution in [3.8, 4) is 0 Å². The van der Waals surface area contributed by atoms with Gasteiger partial charge in [0.25, 0.3) is 0 Å². The van der Waals surface area contributed by atoms with Gasteiger partial charge >= 0.3 is 0 Å². The minimum Gasteiger partial charge on any atom is -0.374 e. The second-order valence-corrected chi connectivity index (χ2v) is 3.06. The summed E-state index contributed by atoms with van der Waals surface area (Å²) in [7, 11) is 2.14. The lowest BCUT2D eigenvalue weighted by molar-refractivity contribution is -0.0178. The van der Waals surface area contributed by atoms with Crippen molar-refractivity contribution in [2.24, 2.45) is 0 Å². The maximum Gasteiger partial charge on any atom is 0.0826 e. The van der Waals surface area contributed by atoms with Crippen LogP contribution < -0.4 is 5.32 Å². The van der Waals surface area contributed by atoms with Gasteiger partial charge in [0, 0.05) is 19.6 Å². The SMILES string of the molecule is CCNCC1CN(C)CCO1. The summed E-state index contributed by atoms with van der Waals surface area (Å²) in [6.45, 7) is 7.15. The highest BCUT2D eigenvalue weighted by Crippen LogP contribution is 2.00. The van der Waals surface area contributed by atoms with E-state index in [0.717, 1.165) is 32.8 Å². The van der Waals surface area contributed by atoms with E-state index in [1.54, 1.807) is 0 Å². The zero-order valence-electron chi connectivity index (χ0n) is 7.47. The van der Waals surface area contributed by atoms with Gasteiger partial charge in [0.1, 0.15) is 0 Å². The summed E-state index contributed by atoms with van der Waals surface area (Å²) in [5.41, 5.74) is 0. The van der Waals surface area contributed by atoms with Crippen molar-refractivity contribution >= 4 is 0 Å². The van der Waals surface area contributed by atoms with Gasteiger partial charge in [-0.2, -0.15) is 0 Å².